The number of rotatable bonds is 7. The lowest BCUT2D eigenvalue weighted by Crippen LogP contribution is -2.49. The van der Waals surface area contributed by atoms with Crippen molar-refractivity contribution in [3.63, 3.8) is 0 Å². The lowest BCUT2D eigenvalue weighted by Gasteiger charge is -2.34. The van der Waals surface area contributed by atoms with Gasteiger partial charge in [-0.1, -0.05) is 38.1 Å². The molecule has 3 N–H and O–H groups in total. The Kier molecular flexibility index (Phi) is 7.38. The molecule has 1 unspecified atom stereocenters. The van der Waals surface area contributed by atoms with Gasteiger partial charge in [-0.2, -0.15) is 0 Å². The van der Waals surface area contributed by atoms with Gasteiger partial charge >= 0.3 is 0 Å². The summed E-state index contributed by atoms with van der Waals surface area (Å²) in [6.45, 7) is 7.69. The van der Waals surface area contributed by atoms with Crippen LogP contribution in [0.1, 0.15) is 57.5 Å². The van der Waals surface area contributed by atoms with E-state index in [1.807, 2.05) is 20.8 Å². The van der Waals surface area contributed by atoms with Gasteiger partial charge in [0.2, 0.25) is 11.8 Å². The van der Waals surface area contributed by atoms with Crippen LogP contribution >= 0.6 is 0 Å². The van der Waals surface area contributed by atoms with Crippen molar-refractivity contribution in [3.8, 4) is 5.75 Å². The van der Waals surface area contributed by atoms with E-state index in [4.69, 9.17) is 4.74 Å². The number of hydrogen-bond donors (Lipinski definition) is 3. The summed E-state index contributed by atoms with van der Waals surface area (Å²) in [6.07, 6.45) is 0.564. The summed E-state index contributed by atoms with van der Waals surface area (Å²) in [6, 6.07) is 5.67. The van der Waals surface area contributed by atoms with Gasteiger partial charge in [-0.25, -0.2) is 4.68 Å². The first kappa shape index (κ1) is 24.7. The van der Waals surface area contributed by atoms with Crippen LogP contribution in [0.15, 0.2) is 30.5 Å². The summed E-state index contributed by atoms with van der Waals surface area (Å²) in [7, 11) is 1.51. The SMILES string of the molecule is CNC(=O)[C@H]1C[C@H](O)CN1C(=O)[C@@H](n1cc(COc2ccc(C(C)O)cc2)nn1)C(C)(C)C. The second kappa shape index (κ2) is 9.88. The van der Waals surface area contributed by atoms with E-state index in [0.717, 1.165) is 5.56 Å². The van der Waals surface area contributed by atoms with Gasteiger partial charge in [0.15, 0.2) is 0 Å². The van der Waals surface area contributed by atoms with E-state index in [2.05, 4.69) is 15.6 Å². The molecule has 10 nitrogen and oxygen atoms in total. The number of likely N-dealkylation sites (tertiary alicyclic amines) is 1. The third kappa shape index (κ3) is 5.69. The second-order valence-electron chi connectivity index (χ2n) is 9.50. The maximum Gasteiger partial charge on any atom is 0.248 e. The normalized spacial score (nSPS) is 20.4. The van der Waals surface area contributed by atoms with E-state index < -0.39 is 29.7 Å². The zero-order valence-electron chi connectivity index (χ0n) is 19.7. The number of β-amino-alcohol motifs (C(OH)–C–C–N with tert-alkyl or cyclic N) is 1. The zero-order chi connectivity index (χ0) is 24.3. The zero-order valence-corrected chi connectivity index (χ0v) is 19.7. The van der Waals surface area contributed by atoms with Gasteiger partial charge in [0.1, 0.15) is 30.1 Å². The Hall–Kier alpha value is -2.98. The lowest BCUT2D eigenvalue weighted by molar-refractivity contribution is -0.144. The molecule has 2 aromatic rings. The number of aromatic nitrogens is 3. The third-order valence-electron chi connectivity index (χ3n) is 5.74. The van der Waals surface area contributed by atoms with Crippen molar-refractivity contribution in [2.45, 2.75) is 65.0 Å². The van der Waals surface area contributed by atoms with Crippen LogP contribution in [0.3, 0.4) is 0 Å². The van der Waals surface area contributed by atoms with E-state index in [0.29, 0.717) is 11.4 Å². The molecule has 0 radical (unpaired) electrons. The first-order chi connectivity index (χ1) is 15.5. The van der Waals surface area contributed by atoms with Crippen molar-refractivity contribution in [3.05, 3.63) is 41.7 Å². The fraction of sp³-hybridized carbons (Fsp3) is 0.565. The maximum absolute atomic E-state index is 13.5. The summed E-state index contributed by atoms with van der Waals surface area (Å²) in [4.78, 5) is 27.3. The minimum absolute atomic E-state index is 0.0939. The van der Waals surface area contributed by atoms with Crippen molar-refractivity contribution in [2.24, 2.45) is 5.41 Å². The highest BCUT2D eigenvalue weighted by atomic mass is 16.5. The highest BCUT2D eigenvalue weighted by molar-refractivity contribution is 5.90. The Morgan fingerprint density at radius 3 is 2.52 bits per heavy atom. The van der Waals surface area contributed by atoms with Crippen LogP contribution in [0.2, 0.25) is 0 Å². The quantitative estimate of drug-likeness (QED) is 0.567. The molecule has 0 bridgehead atoms. The van der Waals surface area contributed by atoms with Crippen molar-refractivity contribution >= 4 is 11.8 Å². The molecular weight excluding hydrogens is 426 g/mol. The summed E-state index contributed by atoms with van der Waals surface area (Å²) in [5.74, 6) is 0.0254. The molecule has 3 rings (SSSR count). The first-order valence-corrected chi connectivity index (χ1v) is 11.0. The molecule has 1 saturated heterocycles. The Labute approximate surface area is 193 Å². The number of carbonyl (C=O) groups is 2. The van der Waals surface area contributed by atoms with E-state index in [9.17, 15) is 19.8 Å². The van der Waals surface area contributed by atoms with Crippen LogP contribution in [0.5, 0.6) is 5.75 Å². The molecular formula is C23H33N5O5. The molecule has 2 amide bonds. The summed E-state index contributed by atoms with van der Waals surface area (Å²) in [5.41, 5.74) is 0.809. The van der Waals surface area contributed by atoms with Crippen LogP contribution in [-0.2, 0) is 16.2 Å². The predicted molar refractivity (Wildman–Crippen MR) is 120 cm³/mol. The Bertz CT molecular complexity index is 966. The van der Waals surface area contributed by atoms with Crippen LogP contribution in [0.4, 0.5) is 0 Å². The van der Waals surface area contributed by atoms with Gasteiger partial charge < -0.3 is 25.2 Å². The van der Waals surface area contributed by atoms with Gasteiger partial charge in [0, 0.05) is 20.0 Å². The molecule has 2 heterocycles. The van der Waals surface area contributed by atoms with Crippen molar-refractivity contribution in [1.29, 1.82) is 0 Å². The van der Waals surface area contributed by atoms with Crippen LogP contribution in [-0.4, -0.2) is 67.7 Å². The number of nitrogens with zero attached hydrogens (tertiary/aromatic N) is 4. The Balaban J connectivity index is 1.76. The molecule has 0 saturated carbocycles. The predicted octanol–water partition coefficient (Wildman–Crippen LogP) is 1.21. The molecule has 1 fully saturated rings. The van der Waals surface area contributed by atoms with Gasteiger partial charge in [0.05, 0.1) is 18.4 Å². The monoisotopic (exact) mass is 459 g/mol. The van der Waals surface area contributed by atoms with E-state index >= 15 is 0 Å². The molecule has 0 aliphatic carbocycles. The molecule has 180 valence electrons. The van der Waals surface area contributed by atoms with Crippen molar-refractivity contribution in [2.75, 3.05) is 13.6 Å². The molecule has 10 heteroatoms. The standard InChI is InChI=1S/C23H33N5O5/c1-14(29)15-6-8-18(9-7-15)33-13-16-11-28(26-25-16)20(23(2,3)4)22(32)27-12-17(30)10-19(27)21(31)24-5/h6-9,11,14,17,19-20,29-30H,10,12-13H2,1-5H3,(H,24,31)/t14?,17-,19+,20+/m0/s1. The molecule has 0 spiro atoms. The number of carbonyl (C=O) groups excluding carboxylic acids is 2. The van der Waals surface area contributed by atoms with E-state index in [1.165, 1.54) is 16.6 Å². The number of hydrogen-bond acceptors (Lipinski definition) is 7. The van der Waals surface area contributed by atoms with Gasteiger partial charge in [-0.15, -0.1) is 5.10 Å². The second-order valence-corrected chi connectivity index (χ2v) is 9.50. The average molecular weight is 460 g/mol. The highest BCUT2D eigenvalue weighted by Crippen LogP contribution is 2.34. The smallest absolute Gasteiger partial charge is 0.248 e. The number of amides is 2. The van der Waals surface area contributed by atoms with E-state index in [-0.39, 0.29) is 31.4 Å². The van der Waals surface area contributed by atoms with Crippen molar-refractivity contribution in [1.82, 2.24) is 25.2 Å². The fourth-order valence-electron chi connectivity index (χ4n) is 4.02. The third-order valence-corrected chi connectivity index (χ3v) is 5.74. The Morgan fingerprint density at radius 2 is 1.94 bits per heavy atom. The summed E-state index contributed by atoms with van der Waals surface area (Å²) in [5, 5.41) is 30.6. The minimum Gasteiger partial charge on any atom is -0.487 e. The van der Waals surface area contributed by atoms with Gasteiger partial charge in [-0.3, -0.25) is 9.59 Å². The van der Waals surface area contributed by atoms with E-state index in [1.54, 1.807) is 37.4 Å². The molecule has 1 aromatic carbocycles. The number of ether oxygens (including phenoxy) is 1. The largest absolute Gasteiger partial charge is 0.487 e. The lowest BCUT2D eigenvalue weighted by atomic mass is 9.85. The average Bonchev–Trinajstić information content (AvgIpc) is 3.37. The number of benzene rings is 1. The van der Waals surface area contributed by atoms with Crippen molar-refractivity contribution < 1.29 is 24.5 Å². The van der Waals surface area contributed by atoms with Gasteiger partial charge in [-0.05, 0) is 30.0 Å². The van der Waals surface area contributed by atoms with Gasteiger partial charge in [0.25, 0.3) is 0 Å². The fourth-order valence-corrected chi connectivity index (χ4v) is 4.02. The van der Waals surface area contributed by atoms with Crippen LogP contribution in [0.25, 0.3) is 0 Å². The molecule has 1 aromatic heterocycles. The number of aliphatic hydroxyl groups excluding tert-OH is 2. The summed E-state index contributed by atoms with van der Waals surface area (Å²) < 4.78 is 7.27. The number of likely N-dealkylation sites (N-methyl/N-ethyl adjacent to an activating group) is 1. The van der Waals surface area contributed by atoms with Crippen LogP contribution in [0, 0.1) is 5.41 Å². The highest BCUT2D eigenvalue weighted by Gasteiger charge is 2.45. The number of nitrogens with one attached hydrogen (secondary N) is 1. The minimum atomic E-state index is -0.753. The number of aliphatic hydroxyl groups is 2. The molecule has 4 atom stereocenters. The Morgan fingerprint density at radius 1 is 1.27 bits per heavy atom. The summed E-state index contributed by atoms with van der Waals surface area (Å²) >= 11 is 0. The molecule has 1 aliphatic heterocycles. The first-order valence-electron chi connectivity index (χ1n) is 11.0. The van der Waals surface area contributed by atoms with Crippen LogP contribution < -0.4 is 10.1 Å². The molecule has 1 aliphatic rings. The molecule has 33 heavy (non-hydrogen) atoms. The topological polar surface area (TPSA) is 130 Å². The maximum atomic E-state index is 13.5.